The van der Waals surface area contributed by atoms with E-state index in [1.54, 1.807) is 22.6 Å². The van der Waals surface area contributed by atoms with Gasteiger partial charge in [0.2, 0.25) is 5.88 Å². The van der Waals surface area contributed by atoms with E-state index >= 15 is 0 Å². The first-order chi connectivity index (χ1) is 17.7. The summed E-state index contributed by atoms with van der Waals surface area (Å²) in [6, 6.07) is 0.172. The van der Waals surface area contributed by atoms with Crippen molar-refractivity contribution in [2.24, 2.45) is 0 Å². The SMILES string of the molecule is CN(C(=O)OC(C)(C)C)C1CCC(Oc2ncnc3sc4c(c23)[C@@H](CCO[Si](C)(C)C(C)(C)C)CC4)CC1. The van der Waals surface area contributed by atoms with Crippen LogP contribution >= 0.6 is 11.3 Å². The second-order valence-corrected chi connectivity index (χ2v) is 19.5. The highest BCUT2D eigenvalue weighted by Crippen LogP contribution is 2.48. The molecular weight excluding hydrogens is 514 g/mol. The highest BCUT2D eigenvalue weighted by atomic mass is 32.1. The van der Waals surface area contributed by atoms with E-state index in [0.29, 0.717) is 5.92 Å². The summed E-state index contributed by atoms with van der Waals surface area (Å²) in [4.78, 5) is 26.0. The number of carbonyl (C=O) groups is 1. The lowest BCUT2D eigenvalue weighted by Crippen LogP contribution is -2.43. The Hall–Kier alpha value is -1.71. The number of fused-ring (bicyclic) bond motifs is 3. The van der Waals surface area contributed by atoms with Crippen molar-refractivity contribution in [3.63, 3.8) is 0 Å². The highest BCUT2D eigenvalue weighted by molar-refractivity contribution is 7.19. The minimum absolute atomic E-state index is 0.0914. The van der Waals surface area contributed by atoms with Crippen molar-refractivity contribution in [2.75, 3.05) is 13.7 Å². The Labute approximate surface area is 233 Å². The normalized spacial score (nSPS) is 22.4. The van der Waals surface area contributed by atoms with Crippen molar-refractivity contribution >= 4 is 36.0 Å². The van der Waals surface area contributed by atoms with Gasteiger partial charge in [-0.2, -0.15) is 0 Å². The van der Waals surface area contributed by atoms with E-state index in [4.69, 9.17) is 13.9 Å². The molecule has 0 radical (unpaired) electrons. The molecule has 2 heterocycles. The monoisotopic (exact) mass is 561 g/mol. The second kappa shape index (κ2) is 11.0. The summed E-state index contributed by atoms with van der Waals surface area (Å²) >= 11 is 1.80. The van der Waals surface area contributed by atoms with Crippen LogP contribution in [0.2, 0.25) is 18.1 Å². The number of rotatable bonds is 7. The maximum atomic E-state index is 12.5. The van der Waals surface area contributed by atoms with Gasteiger partial charge >= 0.3 is 6.09 Å². The molecule has 2 aromatic heterocycles. The smallest absolute Gasteiger partial charge is 0.410 e. The van der Waals surface area contributed by atoms with Crippen LogP contribution in [0.25, 0.3) is 10.2 Å². The molecule has 0 aliphatic heterocycles. The molecule has 0 bridgehead atoms. The average molecular weight is 562 g/mol. The third kappa shape index (κ3) is 6.53. The highest BCUT2D eigenvalue weighted by Gasteiger charge is 2.38. The van der Waals surface area contributed by atoms with E-state index in [2.05, 4.69) is 43.8 Å². The molecule has 212 valence electrons. The number of hydrogen-bond acceptors (Lipinski definition) is 7. The Bertz CT molecular complexity index is 1130. The van der Waals surface area contributed by atoms with Gasteiger partial charge in [0.15, 0.2) is 8.32 Å². The van der Waals surface area contributed by atoms with Crippen LogP contribution < -0.4 is 4.74 Å². The zero-order chi connectivity index (χ0) is 27.9. The van der Waals surface area contributed by atoms with Gasteiger partial charge in [-0.1, -0.05) is 20.8 Å². The minimum atomic E-state index is -1.76. The van der Waals surface area contributed by atoms with E-state index in [1.165, 1.54) is 10.4 Å². The molecule has 2 aliphatic carbocycles. The Kier molecular flexibility index (Phi) is 8.51. The second-order valence-electron chi connectivity index (χ2n) is 13.6. The number of amides is 1. The summed E-state index contributed by atoms with van der Waals surface area (Å²) in [6.45, 7) is 18.0. The lowest BCUT2D eigenvalue weighted by atomic mass is 9.92. The summed E-state index contributed by atoms with van der Waals surface area (Å²) in [6.07, 6.45) is 8.33. The molecule has 38 heavy (non-hydrogen) atoms. The number of thiophene rings is 1. The van der Waals surface area contributed by atoms with Gasteiger partial charge in [-0.15, -0.1) is 11.3 Å². The van der Waals surface area contributed by atoms with E-state index in [0.717, 1.165) is 67.6 Å². The predicted molar refractivity (Wildman–Crippen MR) is 157 cm³/mol. The van der Waals surface area contributed by atoms with Gasteiger partial charge in [0.1, 0.15) is 22.9 Å². The number of ether oxygens (including phenoxy) is 2. The fraction of sp³-hybridized carbons (Fsp3) is 0.759. The van der Waals surface area contributed by atoms with Crippen molar-refractivity contribution < 1.29 is 18.7 Å². The molecule has 9 heteroatoms. The molecule has 1 fully saturated rings. The van der Waals surface area contributed by atoms with E-state index in [1.807, 2.05) is 27.8 Å². The van der Waals surface area contributed by atoms with E-state index in [-0.39, 0.29) is 23.3 Å². The molecule has 2 aliphatic rings. The molecule has 0 unspecified atom stereocenters. The van der Waals surface area contributed by atoms with Crippen LogP contribution in [0.1, 0.15) is 96.4 Å². The third-order valence-electron chi connectivity index (χ3n) is 8.58. The Morgan fingerprint density at radius 1 is 1.08 bits per heavy atom. The number of carbonyl (C=O) groups excluding carboxylic acids is 1. The molecule has 1 amide bonds. The first-order valence-electron chi connectivity index (χ1n) is 14.2. The van der Waals surface area contributed by atoms with E-state index in [9.17, 15) is 4.79 Å². The predicted octanol–water partition coefficient (Wildman–Crippen LogP) is 7.69. The van der Waals surface area contributed by atoms with E-state index < -0.39 is 13.9 Å². The van der Waals surface area contributed by atoms with Crippen LogP contribution in [0.5, 0.6) is 5.88 Å². The van der Waals surface area contributed by atoms with Crippen LogP contribution in [-0.2, 0) is 15.6 Å². The molecule has 1 saturated carbocycles. The quantitative estimate of drug-likeness (QED) is 0.323. The lowest BCUT2D eigenvalue weighted by molar-refractivity contribution is 0.0137. The number of nitrogens with zero attached hydrogens (tertiary/aromatic N) is 3. The number of aromatic nitrogens is 2. The maximum absolute atomic E-state index is 12.5. The number of hydrogen-bond donors (Lipinski definition) is 0. The van der Waals surface area contributed by atoms with Crippen LogP contribution in [0, 0.1) is 0 Å². The fourth-order valence-electron chi connectivity index (χ4n) is 5.28. The van der Waals surface area contributed by atoms with Crippen molar-refractivity contribution in [1.82, 2.24) is 14.9 Å². The van der Waals surface area contributed by atoms with Gasteiger partial charge < -0.3 is 18.8 Å². The molecule has 2 aromatic rings. The van der Waals surface area contributed by atoms with Crippen molar-refractivity contribution in [3.8, 4) is 5.88 Å². The Morgan fingerprint density at radius 3 is 2.39 bits per heavy atom. The molecule has 0 spiro atoms. The molecule has 0 saturated heterocycles. The van der Waals surface area contributed by atoms with Crippen LogP contribution in [0.3, 0.4) is 0 Å². The molecule has 0 aromatic carbocycles. The minimum Gasteiger partial charge on any atom is -0.474 e. The van der Waals surface area contributed by atoms with Crippen molar-refractivity contribution in [1.29, 1.82) is 0 Å². The zero-order valence-corrected chi connectivity index (χ0v) is 26.7. The van der Waals surface area contributed by atoms with Crippen molar-refractivity contribution in [2.45, 2.75) is 128 Å². The van der Waals surface area contributed by atoms with Gasteiger partial charge in [-0.3, -0.25) is 0 Å². The van der Waals surface area contributed by atoms with Gasteiger partial charge in [-0.05, 0) is 95.3 Å². The standard InChI is InChI=1S/C29H47N3O4SSi/c1-28(2,3)36-27(33)32(7)20-11-13-21(14-12-20)35-25-24-23-19(16-17-34-38(8,9)29(4,5)6)10-15-22(23)37-26(24)31-18-30-25/h18-21H,10-17H2,1-9H3/t19-,20?,21?/m1/s1. The van der Waals surface area contributed by atoms with Crippen molar-refractivity contribution in [3.05, 3.63) is 16.8 Å². The summed E-state index contributed by atoms with van der Waals surface area (Å²) in [5.74, 6) is 1.20. The van der Waals surface area contributed by atoms with Gasteiger partial charge in [-0.25, -0.2) is 14.8 Å². The molecule has 4 rings (SSSR count). The summed E-state index contributed by atoms with van der Waals surface area (Å²) < 4.78 is 18.7. The first kappa shape index (κ1) is 29.3. The Morgan fingerprint density at radius 2 is 1.76 bits per heavy atom. The fourth-order valence-corrected chi connectivity index (χ4v) is 7.57. The average Bonchev–Trinajstić information content (AvgIpc) is 3.37. The largest absolute Gasteiger partial charge is 0.474 e. The third-order valence-corrected chi connectivity index (χ3v) is 14.3. The zero-order valence-electron chi connectivity index (χ0n) is 24.8. The molecule has 7 nitrogen and oxygen atoms in total. The molecular formula is C29H47N3O4SSi. The number of aryl methyl sites for hydroxylation is 1. The molecule has 1 atom stereocenters. The van der Waals surface area contributed by atoms with Crippen LogP contribution in [0.15, 0.2) is 6.33 Å². The summed E-state index contributed by atoms with van der Waals surface area (Å²) in [5, 5.41) is 1.34. The topological polar surface area (TPSA) is 73.8 Å². The first-order valence-corrected chi connectivity index (χ1v) is 17.9. The van der Waals surface area contributed by atoms with Gasteiger partial charge in [0.25, 0.3) is 0 Å². The maximum Gasteiger partial charge on any atom is 0.410 e. The Balaban J connectivity index is 1.41. The summed E-state index contributed by atoms with van der Waals surface area (Å²) in [7, 11) is 0.0862. The van der Waals surface area contributed by atoms with Gasteiger partial charge in [0, 0.05) is 24.6 Å². The lowest BCUT2D eigenvalue weighted by Gasteiger charge is -2.36. The van der Waals surface area contributed by atoms with Gasteiger partial charge in [0.05, 0.1) is 5.39 Å². The van der Waals surface area contributed by atoms with Crippen LogP contribution in [-0.4, -0.2) is 60.7 Å². The molecule has 0 N–H and O–H groups in total. The van der Waals surface area contributed by atoms with Crippen LogP contribution in [0.4, 0.5) is 4.79 Å². The summed E-state index contributed by atoms with van der Waals surface area (Å²) in [5.41, 5.74) is 0.914.